The largest absolute Gasteiger partial charge is 0.301 e. The monoisotopic (exact) mass is 225 g/mol. The number of hydrogen-bond donors (Lipinski definition) is 0. The molecule has 1 nitrogen and oxygen atoms in total. The van der Waals surface area contributed by atoms with Gasteiger partial charge in [-0.2, -0.15) is 0 Å². The van der Waals surface area contributed by atoms with Crippen LogP contribution in [0.25, 0.3) is 0 Å². The Morgan fingerprint density at radius 2 is 1.87 bits per heavy atom. The van der Waals surface area contributed by atoms with Gasteiger partial charge in [0.1, 0.15) is 0 Å². The van der Waals surface area contributed by atoms with Gasteiger partial charge in [-0.1, -0.05) is 27.7 Å². The van der Waals surface area contributed by atoms with Crippen LogP contribution in [0.5, 0.6) is 0 Å². The molecule has 0 aromatic carbocycles. The van der Waals surface area contributed by atoms with E-state index in [1.54, 1.807) is 0 Å². The second kappa shape index (κ2) is 5.66. The lowest BCUT2D eigenvalue weighted by atomic mass is 10.2. The van der Waals surface area contributed by atoms with Crippen LogP contribution in [0.4, 0.5) is 0 Å². The highest BCUT2D eigenvalue weighted by Crippen LogP contribution is 2.25. The van der Waals surface area contributed by atoms with Gasteiger partial charge in [-0.15, -0.1) is 11.3 Å². The third-order valence-electron chi connectivity index (χ3n) is 2.35. The Labute approximate surface area is 98.1 Å². The molecule has 86 valence electrons. The van der Waals surface area contributed by atoms with Gasteiger partial charge in [0, 0.05) is 22.8 Å². The van der Waals surface area contributed by atoms with Crippen LogP contribution < -0.4 is 0 Å². The third kappa shape index (κ3) is 4.35. The molecule has 0 N–H and O–H groups in total. The lowest BCUT2D eigenvalue weighted by Gasteiger charge is -2.17. The van der Waals surface area contributed by atoms with Crippen molar-refractivity contribution < 1.29 is 0 Å². The molecule has 0 radical (unpaired) electrons. The molecule has 1 aromatic heterocycles. The van der Waals surface area contributed by atoms with Gasteiger partial charge in [-0.05, 0) is 31.0 Å². The van der Waals surface area contributed by atoms with Crippen molar-refractivity contribution in [2.45, 2.75) is 40.2 Å². The van der Waals surface area contributed by atoms with Crippen LogP contribution in [-0.4, -0.2) is 18.5 Å². The quantitative estimate of drug-likeness (QED) is 0.733. The molecule has 0 aliphatic carbocycles. The van der Waals surface area contributed by atoms with Crippen molar-refractivity contribution in [3.05, 3.63) is 21.9 Å². The first-order chi connectivity index (χ1) is 6.99. The summed E-state index contributed by atoms with van der Waals surface area (Å²) in [5.41, 5.74) is 0. The molecule has 1 heterocycles. The van der Waals surface area contributed by atoms with E-state index < -0.39 is 0 Å². The lowest BCUT2D eigenvalue weighted by Crippen LogP contribution is -2.22. The summed E-state index contributed by atoms with van der Waals surface area (Å²) in [5.74, 6) is 1.42. The molecule has 0 bridgehead atoms. The van der Waals surface area contributed by atoms with Crippen molar-refractivity contribution >= 4 is 11.3 Å². The molecule has 2 heteroatoms. The average Bonchev–Trinajstić information content (AvgIpc) is 2.50. The molecule has 0 amide bonds. The molecule has 0 saturated carbocycles. The van der Waals surface area contributed by atoms with E-state index in [1.165, 1.54) is 16.3 Å². The van der Waals surface area contributed by atoms with Crippen LogP contribution in [0.1, 0.15) is 43.4 Å². The maximum Gasteiger partial charge on any atom is 0.0325 e. The van der Waals surface area contributed by atoms with E-state index in [1.807, 2.05) is 11.3 Å². The number of hydrogen-bond acceptors (Lipinski definition) is 2. The number of rotatable bonds is 5. The molecule has 0 spiro atoms. The van der Waals surface area contributed by atoms with Crippen molar-refractivity contribution in [2.24, 2.45) is 5.92 Å². The normalized spacial score (nSPS) is 12.0. The standard InChI is InChI=1S/C13H23NS/c1-10(2)8-14(5)9-12-6-7-13(15-12)11(3)4/h6-7,10-11H,8-9H2,1-5H3. The van der Waals surface area contributed by atoms with E-state index in [0.29, 0.717) is 5.92 Å². The summed E-state index contributed by atoms with van der Waals surface area (Å²) in [6, 6.07) is 4.55. The van der Waals surface area contributed by atoms with Crippen molar-refractivity contribution in [1.29, 1.82) is 0 Å². The molecule has 0 atom stereocenters. The molecular formula is C13H23NS. The molecule has 0 aliphatic rings. The van der Waals surface area contributed by atoms with Crippen LogP contribution in [0.15, 0.2) is 12.1 Å². The Balaban J connectivity index is 2.49. The third-order valence-corrected chi connectivity index (χ3v) is 3.72. The van der Waals surface area contributed by atoms with Crippen LogP contribution in [-0.2, 0) is 6.54 Å². The fourth-order valence-electron chi connectivity index (χ4n) is 1.74. The first-order valence-electron chi connectivity index (χ1n) is 5.76. The van der Waals surface area contributed by atoms with Gasteiger partial charge in [-0.25, -0.2) is 0 Å². The molecule has 0 saturated heterocycles. The SMILES string of the molecule is CC(C)CN(C)Cc1ccc(C(C)C)s1. The maximum absolute atomic E-state index is 2.40. The second-order valence-corrected chi connectivity index (χ2v) is 6.25. The summed E-state index contributed by atoms with van der Waals surface area (Å²) in [6.07, 6.45) is 0. The van der Waals surface area contributed by atoms with E-state index in [4.69, 9.17) is 0 Å². The van der Waals surface area contributed by atoms with Crippen molar-refractivity contribution in [3.8, 4) is 0 Å². The van der Waals surface area contributed by atoms with E-state index in [2.05, 4.69) is 51.8 Å². The van der Waals surface area contributed by atoms with Crippen molar-refractivity contribution in [2.75, 3.05) is 13.6 Å². The van der Waals surface area contributed by atoms with Crippen molar-refractivity contribution in [1.82, 2.24) is 4.90 Å². The van der Waals surface area contributed by atoms with Gasteiger partial charge >= 0.3 is 0 Å². The molecular weight excluding hydrogens is 202 g/mol. The molecule has 1 aromatic rings. The van der Waals surface area contributed by atoms with E-state index in [0.717, 1.165) is 12.5 Å². The minimum absolute atomic E-state index is 0.666. The fraction of sp³-hybridized carbons (Fsp3) is 0.692. The van der Waals surface area contributed by atoms with Gasteiger partial charge in [-0.3, -0.25) is 0 Å². The summed E-state index contributed by atoms with van der Waals surface area (Å²) >= 11 is 1.95. The van der Waals surface area contributed by atoms with Crippen LogP contribution in [0.3, 0.4) is 0 Å². The predicted octanol–water partition coefficient (Wildman–Crippen LogP) is 3.96. The zero-order valence-electron chi connectivity index (χ0n) is 10.6. The summed E-state index contributed by atoms with van der Waals surface area (Å²) in [6.45, 7) is 11.3. The van der Waals surface area contributed by atoms with E-state index in [9.17, 15) is 0 Å². The first kappa shape index (κ1) is 12.7. The van der Waals surface area contributed by atoms with E-state index in [-0.39, 0.29) is 0 Å². The Bertz CT molecular complexity index is 288. The van der Waals surface area contributed by atoms with Crippen LogP contribution >= 0.6 is 11.3 Å². The number of thiophene rings is 1. The van der Waals surface area contributed by atoms with Gasteiger partial charge < -0.3 is 4.90 Å². The molecule has 0 unspecified atom stereocenters. The summed E-state index contributed by atoms with van der Waals surface area (Å²) in [5, 5.41) is 0. The summed E-state index contributed by atoms with van der Waals surface area (Å²) < 4.78 is 0. The predicted molar refractivity (Wildman–Crippen MR) is 69.6 cm³/mol. The summed E-state index contributed by atoms with van der Waals surface area (Å²) in [7, 11) is 2.20. The van der Waals surface area contributed by atoms with Crippen LogP contribution in [0.2, 0.25) is 0 Å². The smallest absolute Gasteiger partial charge is 0.0325 e. The minimum atomic E-state index is 0.666. The van der Waals surface area contributed by atoms with Crippen molar-refractivity contribution in [3.63, 3.8) is 0 Å². The zero-order valence-corrected chi connectivity index (χ0v) is 11.4. The van der Waals surface area contributed by atoms with E-state index >= 15 is 0 Å². The zero-order chi connectivity index (χ0) is 11.4. The number of nitrogens with zero attached hydrogens (tertiary/aromatic N) is 1. The lowest BCUT2D eigenvalue weighted by molar-refractivity contribution is 0.291. The highest BCUT2D eigenvalue weighted by atomic mass is 32.1. The summed E-state index contributed by atoms with van der Waals surface area (Å²) in [4.78, 5) is 5.39. The average molecular weight is 225 g/mol. The highest BCUT2D eigenvalue weighted by molar-refractivity contribution is 7.12. The Hall–Kier alpha value is -0.340. The first-order valence-corrected chi connectivity index (χ1v) is 6.57. The molecule has 15 heavy (non-hydrogen) atoms. The maximum atomic E-state index is 2.40. The van der Waals surface area contributed by atoms with Crippen LogP contribution in [0, 0.1) is 5.92 Å². The Morgan fingerprint density at radius 1 is 1.20 bits per heavy atom. The Morgan fingerprint density at radius 3 is 2.33 bits per heavy atom. The topological polar surface area (TPSA) is 3.24 Å². The second-order valence-electron chi connectivity index (χ2n) is 5.05. The van der Waals surface area contributed by atoms with Gasteiger partial charge in [0.25, 0.3) is 0 Å². The van der Waals surface area contributed by atoms with Gasteiger partial charge in [0.2, 0.25) is 0 Å². The Kier molecular flexibility index (Phi) is 4.81. The molecule has 1 rings (SSSR count). The van der Waals surface area contributed by atoms with Gasteiger partial charge in [0.15, 0.2) is 0 Å². The minimum Gasteiger partial charge on any atom is -0.301 e. The van der Waals surface area contributed by atoms with Gasteiger partial charge in [0.05, 0.1) is 0 Å². The fourth-order valence-corrected chi connectivity index (χ4v) is 2.84. The molecule has 0 fully saturated rings. The molecule has 0 aliphatic heterocycles. The highest BCUT2D eigenvalue weighted by Gasteiger charge is 2.07.